The van der Waals surface area contributed by atoms with Crippen LogP contribution in [-0.4, -0.2) is 34.8 Å². The zero-order valence-electron chi connectivity index (χ0n) is 14.5. The number of aliphatic hydroxyl groups is 1. The van der Waals surface area contributed by atoms with Crippen molar-refractivity contribution in [3.05, 3.63) is 51.5 Å². The van der Waals surface area contributed by atoms with Crippen molar-refractivity contribution in [3.63, 3.8) is 0 Å². The van der Waals surface area contributed by atoms with Gasteiger partial charge in [0.15, 0.2) is 0 Å². The summed E-state index contributed by atoms with van der Waals surface area (Å²) in [7, 11) is 1.23. The van der Waals surface area contributed by atoms with E-state index in [1.54, 1.807) is 6.07 Å². The molecule has 0 unspecified atom stereocenters. The second kappa shape index (κ2) is 8.92. The van der Waals surface area contributed by atoms with E-state index in [2.05, 4.69) is 17.4 Å². The summed E-state index contributed by atoms with van der Waals surface area (Å²) in [5, 5.41) is 11.4. The number of hydroxylamine groups is 1. The predicted molar refractivity (Wildman–Crippen MR) is 103 cm³/mol. The van der Waals surface area contributed by atoms with Gasteiger partial charge in [-0.25, -0.2) is 4.39 Å². The minimum Gasteiger partial charge on any atom is -0.394 e. The lowest BCUT2D eigenvalue weighted by Gasteiger charge is -2.15. The molecule has 0 saturated carbocycles. The maximum Gasteiger partial charge on any atom is 0.456 e. The topological polar surface area (TPSA) is 75.5 Å². The van der Waals surface area contributed by atoms with Crippen molar-refractivity contribution in [1.82, 2.24) is 10.0 Å². The number of carbonyl (C=O) groups is 1. The number of nitrogens with zero attached hydrogens (tertiary/aromatic N) is 1. The average Bonchev–Trinajstić information content (AvgIpc) is 2.92. The molecule has 3 N–H and O–H groups in total. The van der Waals surface area contributed by atoms with Gasteiger partial charge in [0.25, 0.3) is 5.78 Å². The van der Waals surface area contributed by atoms with Crippen molar-refractivity contribution in [3.8, 4) is 0 Å². The molecule has 6 nitrogen and oxygen atoms in total. The molecular formula is C17H16F4IN3O3. The van der Waals surface area contributed by atoms with Crippen molar-refractivity contribution in [1.29, 1.82) is 0 Å². The molecular weight excluding hydrogens is 497 g/mol. The average molecular weight is 513 g/mol. The van der Waals surface area contributed by atoms with Crippen LogP contribution in [0.3, 0.4) is 0 Å². The lowest BCUT2D eigenvalue weighted by Crippen LogP contribution is -2.25. The van der Waals surface area contributed by atoms with E-state index in [0.29, 0.717) is 3.57 Å². The first-order valence-electron chi connectivity index (χ1n) is 7.77. The van der Waals surface area contributed by atoms with Crippen LogP contribution in [0.5, 0.6) is 0 Å². The number of Topliss-reactive ketones (excluding diaryl/α,β-unsaturated/α-hetero) is 1. The minimum atomic E-state index is -5.09. The fourth-order valence-electron chi connectivity index (χ4n) is 2.30. The largest absolute Gasteiger partial charge is 0.456 e. The van der Waals surface area contributed by atoms with E-state index in [0.717, 1.165) is 10.6 Å². The van der Waals surface area contributed by atoms with E-state index >= 15 is 0 Å². The molecule has 0 aliphatic heterocycles. The number of nitrogens with one attached hydrogen (secondary N) is 2. The Hall–Kier alpha value is -2.12. The van der Waals surface area contributed by atoms with Gasteiger partial charge in [-0.2, -0.15) is 13.2 Å². The fraction of sp³-hybridized carbons (Fsp3) is 0.235. The van der Waals surface area contributed by atoms with E-state index in [1.807, 2.05) is 22.6 Å². The smallest absolute Gasteiger partial charge is 0.394 e. The summed E-state index contributed by atoms with van der Waals surface area (Å²) in [4.78, 5) is 16.6. The Morgan fingerprint density at radius 2 is 2.04 bits per heavy atom. The molecule has 28 heavy (non-hydrogen) atoms. The van der Waals surface area contributed by atoms with Gasteiger partial charge in [-0.15, -0.1) is 0 Å². The molecule has 0 atom stereocenters. The first-order valence-corrected chi connectivity index (χ1v) is 8.85. The molecule has 0 spiro atoms. The van der Waals surface area contributed by atoms with Crippen LogP contribution in [0.2, 0.25) is 0 Å². The van der Waals surface area contributed by atoms with Crippen LogP contribution in [-0.2, 0) is 11.9 Å². The number of ketones is 1. The third kappa shape index (κ3) is 5.02. The highest BCUT2D eigenvalue weighted by Crippen LogP contribution is 2.32. The maximum absolute atomic E-state index is 14.2. The second-order valence-electron chi connectivity index (χ2n) is 5.58. The molecule has 0 aliphatic rings. The number of rotatable bonds is 8. The highest BCUT2D eigenvalue weighted by atomic mass is 127. The van der Waals surface area contributed by atoms with Crippen molar-refractivity contribution < 1.29 is 32.3 Å². The number of halogens is 5. The summed E-state index contributed by atoms with van der Waals surface area (Å²) in [5.74, 6) is -2.69. The quantitative estimate of drug-likeness (QED) is 0.165. The number of hydrogen-bond donors (Lipinski definition) is 3. The van der Waals surface area contributed by atoms with Crippen molar-refractivity contribution in [2.24, 2.45) is 7.05 Å². The maximum atomic E-state index is 14.2. The molecule has 2 aromatic rings. The molecule has 152 valence electrons. The minimum absolute atomic E-state index is 0.00190. The second-order valence-corrected chi connectivity index (χ2v) is 6.83. The van der Waals surface area contributed by atoms with Gasteiger partial charge in [-0.3, -0.25) is 15.1 Å². The molecule has 0 bridgehead atoms. The first kappa shape index (κ1) is 22.2. The van der Waals surface area contributed by atoms with Crippen LogP contribution >= 0.6 is 22.6 Å². The Labute approximate surface area is 171 Å². The molecule has 1 heterocycles. The Bertz CT molecular complexity index is 897. The fourth-order valence-corrected chi connectivity index (χ4v) is 2.76. The van der Waals surface area contributed by atoms with Gasteiger partial charge in [0, 0.05) is 16.2 Å². The highest BCUT2D eigenvalue weighted by Gasteiger charge is 2.41. The van der Waals surface area contributed by atoms with Gasteiger partial charge in [-0.1, -0.05) is 6.58 Å². The molecule has 11 heteroatoms. The van der Waals surface area contributed by atoms with Crippen molar-refractivity contribution >= 4 is 45.6 Å². The van der Waals surface area contributed by atoms with Crippen molar-refractivity contribution in [2.75, 3.05) is 18.5 Å². The van der Waals surface area contributed by atoms with E-state index in [4.69, 9.17) is 9.94 Å². The zero-order valence-corrected chi connectivity index (χ0v) is 16.7. The normalized spacial score (nSPS) is 11.4. The number of aliphatic hydroxyl groups excluding tert-OH is 1. The number of anilines is 2. The van der Waals surface area contributed by atoms with E-state index in [-0.39, 0.29) is 36.0 Å². The van der Waals surface area contributed by atoms with Crippen LogP contribution in [0.15, 0.2) is 30.8 Å². The SMILES string of the molecule is C=C(NOCCO)c1cc(C(=O)C(F)(F)F)n(C)c1Nc1ccc(I)cc1F. The summed E-state index contributed by atoms with van der Waals surface area (Å²) < 4.78 is 54.5. The Kier molecular flexibility index (Phi) is 7.06. The number of alkyl halides is 3. The zero-order chi connectivity index (χ0) is 21.1. The first-order chi connectivity index (χ1) is 13.1. The number of carbonyl (C=O) groups excluding carboxylic acids is 1. The van der Waals surface area contributed by atoms with Gasteiger partial charge in [0.05, 0.1) is 30.3 Å². The summed E-state index contributed by atoms with van der Waals surface area (Å²) in [6.45, 7) is 3.25. The van der Waals surface area contributed by atoms with Gasteiger partial charge >= 0.3 is 6.18 Å². The molecule has 0 aliphatic carbocycles. The van der Waals surface area contributed by atoms with Crippen LogP contribution in [0.4, 0.5) is 29.1 Å². The van der Waals surface area contributed by atoms with Gasteiger partial charge < -0.3 is 15.0 Å². The summed E-state index contributed by atoms with van der Waals surface area (Å²) >= 11 is 1.91. The Balaban J connectivity index is 2.49. The lowest BCUT2D eigenvalue weighted by atomic mass is 10.2. The Morgan fingerprint density at radius 1 is 1.36 bits per heavy atom. The van der Waals surface area contributed by atoms with Crippen molar-refractivity contribution in [2.45, 2.75) is 6.18 Å². The number of aromatic nitrogens is 1. The number of hydrogen-bond acceptors (Lipinski definition) is 5. The van der Waals surface area contributed by atoms with Crippen LogP contribution in [0, 0.1) is 9.39 Å². The van der Waals surface area contributed by atoms with Gasteiger partial charge in [-0.05, 0) is 46.9 Å². The van der Waals surface area contributed by atoms with E-state index in [9.17, 15) is 22.4 Å². The highest BCUT2D eigenvalue weighted by molar-refractivity contribution is 14.1. The van der Waals surface area contributed by atoms with Gasteiger partial charge in [0.1, 0.15) is 11.6 Å². The van der Waals surface area contributed by atoms with Crippen LogP contribution < -0.4 is 10.8 Å². The van der Waals surface area contributed by atoms with Crippen LogP contribution in [0.1, 0.15) is 16.1 Å². The lowest BCUT2D eigenvalue weighted by molar-refractivity contribution is -0.0890. The Morgan fingerprint density at radius 3 is 2.61 bits per heavy atom. The van der Waals surface area contributed by atoms with Gasteiger partial charge in [0.2, 0.25) is 0 Å². The summed E-state index contributed by atoms with van der Waals surface area (Å²) in [5.41, 5.74) is 1.78. The third-order valence-electron chi connectivity index (χ3n) is 3.62. The summed E-state index contributed by atoms with van der Waals surface area (Å²) in [6.07, 6.45) is -5.09. The molecule has 0 fully saturated rings. The molecule has 0 saturated heterocycles. The van der Waals surface area contributed by atoms with E-state index < -0.39 is 23.5 Å². The molecule has 1 aromatic carbocycles. The predicted octanol–water partition coefficient (Wildman–Crippen LogP) is 3.74. The molecule has 2 rings (SSSR count). The molecule has 1 aromatic heterocycles. The summed E-state index contributed by atoms with van der Waals surface area (Å²) in [6, 6.07) is 5.23. The van der Waals surface area contributed by atoms with E-state index in [1.165, 1.54) is 19.2 Å². The molecule has 0 amide bonds. The number of benzene rings is 1. The third-order valence-corrected chi connectivity index (χ3v) is 4.29. The standard InChI is InChI=1S/C17H16F4IN3O3/c1-9(24-28-6-5-26)11-8-14(15(27)17(19,20)21)25(2)16(11)23-13-4-3-10(22)7-12(13)18/h3-4,7-8,23-24,26H,1,5-6H2,2H3. The monoisotopic (exact) mass is 513 g/mol. The molecule has 0 radical (unpaired) electrons. The van der Waals surface area contributed by atoms with Crippen LogP contribution in [0.25, 0.3) is 5.70 Å².